The largest absolute Gasteiger partial charge is 0.260 e. The fourth-order valence-electron chi connectivity index (χ4n) is 5.08. The smallest absolute Gasteiger partial charge is 0.0796 e. The van der Waals surface area contributed by atoms with Crippen LogP contribution in [-0.4, -0.2) is 19.9 Å². The molecule has 6 rings (SSSR count). The van der Waals surface area contributed by atoms with Crippen LogP contribution in [0.1, 0.15) is 49.4 Å². The predicted octanol–water partition coefficient (Wildman–Crippen LogP) is 8.38. The van der Waals surface area contributed by atoms with E-state index in [1.807, 2.05) is 30.9 Å². The second-order valence-electron chi connectivity index (χ2n) is 10.3. The molecule has 186 valence electrons. The number of aromatic nitrogens is 4. The average molecular weight is 495 g/mol. The van der Waals surface area contributed by atoms with Crippen LogP contribution in [0.4, 0.5) is 0 Å². The lowest BCUT2D eigenvalue weighted by atomic mass is 9.96. The van der Waals surface area contributed by atoms with E-state index in [4.69, 9.17) is 15.0 Å². The van der Waals surface area contributed by atoms with Crippen LogP contribution < -0.4 is 0 Å². The van der Waals surface area contributed by atoms with Crippen molar-refractivity contribution in [2.45, 2.75) is 39.0 Å². The maximum atomic E-state index is 4.88. The normalized spacial score (nSPS) is 12.3. The molecular formula is C34H30N4. The molecule has 6 aromatic rings. The van der Waals surface area contributed by atoms with Crippen molar-refractivity contribution >= 4 is 21.8 Å². The van der Waals surface area contributed by atoms with Gasteiger partial charge in [-0.3, -0.25) is 19.9 Å². The summed E-state index contributed by atoms with van der Waals surface area (Å²) in [5.74, 6) is 0.732. The zero-order chi connectivity index (χ0) is 26.1. The monoisotopic (exact) mass is 494 g/mol. The number of fused-ring (bicyclic) bond motifs is 2. The molecule has 0 N–H and O–H groups in total. The Kier molecular flexibility index (Phi) is 6.38. The number of rotatable bonds is 6. The summed E-state index contributed by atoms with van der Waals surface area (Å²) in [4.78, 5) is 19.0. The molecule has 0 saturated carbocycles. The first-order chi connectivity index (χ1) is 18.6. The van der Waals surface area contributed by atoms with Gasteiger partial charge in [0.05, 0.1) is 16.7 Å². The van der Waals surface area contributed by atoms with Crippen molar-refractivity contribution in [2.75, 3.05) is 0 Å². The van der Waals surface area contributed by atoms with E-state index in [-0.39, 0.29) is 5.92 Å². The third kappa shape index (κ3) is 4.66. The molecule has 0 aliphatic carbocycles. The number of hydrogen-bond donors (Lipinski definition) is 0. The van der Waals surface area contributed by atoms with Crippen LogP contribution in [0.25, 0.3) is 44.2 Å². The van der Waals surface area contributed by atoms with E-state index < -0.39 is 0 Å². The quantitative estimate of drug-likeness (QED) is 0.233. The molecule has 0 aliphatic rings. The highest BCUT2D eigenvalue weighted by molar-refractivity contribution is 5.94. The van der Waals surface area contributed by atoms with Gasteiger partial charge in [0.25, 0.3) is 0 Å². The van der Waals surface area contributed by atoms with Crippen molar-refractivity contribution in [1.82, 2.24) is 19.9 Å². The standard InChI is InChI=1S/C34H30N4/c1-22(2)27-12-15-32(37-20-27)30-11-5-8-26-18-24(19-38-34(26)30)17-23(3)31-14-13-28(21-36-31)29-10-4-7-25-9-6-16-35-33(25)29/h4-16,18-23H,17H2,1-3H3. The summed E-state index contributed by atoms with van der Waals surface area (Å²) in [7, 11) is 0. The van der Waals surface area contributed by atoms with Crippen LogP contribution in [0.2, 0.25) is 0 Å². The highest BCUT2D eigenvalue weighted by Crippen LogP contribution is 2.30. The molecular weight excluding hydrogens is 464 g/mol. The van der Waals surface area contributed by atoms with E-state index in [0.29, 0.717) is 5.92 Å². The van der Waals surface area contributed by atoms with E-state index in [2.05, 4.69) is 98.6 Å². The van der Waals surface area contributed by atoms with Crippen molar-refractivity contribution in [3.8, 4) is 22.4 Å². The summed E-state index contributed by atoms with van der Waals surface area (Å²) in [6.45, 7) is 6.60. The molecule has 1 atom stereocenters. The predicted molar refractivity (Wildman–Crippen MR) is 156 cm³/mol. The number of hydrogen-bond acceptors (Lipinski definition) is 4. The molecule has 0 spiro atoms. The molecule has 0 fully saturated rings. The van der Waals surface area contributed by atoms with Gasteiger partial charge in [0.2, 0.25) is 0 Å². The first-order valence-electron chi connectivity index (χ1n) is 13.2. The van der Waals surface area contributed by atoms with Crippen molar-refractivity contribution in [3.63, 3.8) is 0 Å². The van der Waals surface area contributed by atoms with Gasteiger partial charge in [0.15, 0.2) is 0 Å². The summed E-state index contributed by atoms with van der Waals surface area (Å²) in [6.07, 6.45) is 8.66. The van der Waals surface area contributed by atoms with E-state index in [1.54, 1.807) is 0 Å². The van der Waals surface area contributed by atoms with Gasteiger partial charge < -0.3 is 0 Å². The van der Waals surface area contributed by atoms with E-state index >= 15 is 0 Å². The second kappa shape index (κ2) is 10.1. The van der Waals surface area contributed by atoms with Crippen LogP contribution in [0, 0.1) is 0 Å². The summed E-state index contributed by atoms with van der Waals surface area (Å²) < 4.78 is 0. The van der Waals surface area contributed by atoms with Gasteiger partial charge in [-0.1, -0.05) is 75.4 Å². The molecule has 4 aromatic heterocycles. The summed E-state index contributed by atoms with van der Waals surface area (Å²) in [5.41, 5.74) is 9.73. The van der Waals surface area contributed by atoms with Gasteiger partial charge in [-0.25, -0.2) is 0 Å². The zero-order valence-electron chi connectivity index (χ0n) is 22.0. The molecule has 4 heterocycles. The van der Waals surface area contributed by atoms with Crippen LogP contribution in [0.3, 0.4) is 0 Å². The molecule has 2 aromatic carbocycles. The summed E-state index contributed by atoms with van der Waals surface area (Å²) >= 11 is 0. The lowest BCUT2D eigenvalue weighted by Crippen LogP contribution is -2.02. The number of benzene rings is 2. The minimum absolute atomic E-state index is 0.266. The Morgan fingerprint density at radius 3 is 2.18 bits per heavy atom. The Bertz CT molecular complexity index is 1720. The van der Waals surface area contributed by atoms with E-state index in [1.165, 1.54) is 11.1 Å². The van der Waals surface area contributed by atoms with Crippen molar-refractivity contribution < 1.29 is 0 Å². The zero-order valence-corrected chi connectivity index (χ0v) is 22.0. The maximum absolute atomic E-state index is 4.88. The van der Waals surface area contributed by atoms with E-state index in [9.17, 15) is 0 Å². The van der Waals surface area contributed by atoms with Gasteiger partial charge in [-0.15, -0.1) is 0 Å². The summed E-state index contributed by atoms with van der Waals surface area (Å²) in [6, 6.07) is 27.5. The Labute approximate surface area is 223 Å². The van der Waals surface area contributed by atoms with Crippen molar-refractivity contribution in [1.29, 1.82) is 0 Å². The molecule has 0 bridgehead atoms. The lowest BCUT2D eigenvalue weighted by molar-refractivity contribution is 0.730. The van der Waals surface area contributed by atoms with Crippen molar-refractivity contribution in [3.05, 3.63) is 120 Å². The third-order valence-electron chi connectivity index (χ3n) is 7.27. The molecule has 1 unspecified atom stereocenters. The Morgan fingerprint density at radius 2 is 1.42 bits per heavy atom. The van der Waals surface area contributed by atoms with Crippen LogP contribution in [0.5, 0.6) is 0 Å². The van der Waals surface area contributed by atoms with Gasteiger partial charge in [0, 0.05) is 63.9 Å². The molecule has 0 amide bonds. The molecule has 0 radical (unpaired) electrons. The van der Waals surface area contributed by atoms with Gasteiger partial charge in [-0.2, -0.15) is 0 Å². The number of para-hydroxylation sites is 2. The molecule has 4 nitrogen and oxygen atoms in total. The first-order valence-corrected chi connectivity index (χ1v) is 13.2. The van der Waals surface area contributed by atoms with Gasteiger partial charge >= 0.3 is 0 Å². The van der Waals surface area contributed by atoms with Gasteiger partial charge in [0.1, 0.15) is 0 Å². The molecule has 0 aliphatic heterocycles. The minimum Gasteiger partial charge on any atom is -0.260 e. The Hall–Kier alpha value is -4.44. The maximum Gasteiger partial charge on any atom is 0.0796 e. The third-order valence-corrected chi connectivity index (χ3v) is 7.27. The van der Waals surface area contributed by atoms with Crippen LogP contribution >= 0.6 is 0 Å². The molecule has 0 saturated heterocycles. The Morgan fingerprint density at radius 1 is 0.632 bits per heavy atom. The van der Waals surface area contributed by atoms with Crippen LogP contribution in [-0.2, 0) is 6.42 Å². The number of pyridine rings is 4. The lowest BCUT2D eigenvalue weighted by Gasteiger charge is -2.13. The van der Waals surface area contributed by atoms with Crippen molar-refractivity contribution in [2.24, 2.45) is 0 Å². The molecule has 4 heteroatoms. The second-order valence-corrected chi connectivity index (χ2v) is 10.3. The first kappa shape index (κ1) is 23.9. The topological polar surface area (TPSA) is 51.6 Å². The Balaban J connectivity index is 1.23. The number of nitrogens with zero attached hydrogens (tertiary/aromatic N) is 4. The summed E-state index contributed by atoms with van der Waals surface area (Å²) in [5, 5.41) is 2.27. The molecule has 38 heavy (non-hydrogen) atoms. The van der Waals surface area contributed by atoms with Gasteiger partial charge in [-0.05, 0) is 47.7 Å². The van der Waals surface area contributed by atoms with Crippen LogP contribution in [0.15, 0.2) is 104 Å². The minimum atomic E-state index is 0.266. The van der Waals surface area contributed by atoms with E-state index in [0.717, 1.165) is 56.3 Å². The SMILES string of the molecule is CC(C)c1ccc(-c2cccc3cc(CC(C)c4ccc(-c5cccc6cccnc56)cn4)cnc23)nc1. The average Bonchev–Trinajstić information content (AvgIpc) is 2.96. The fraction of sp³-hybridized carbons (Fsp3) is 0.176. The fourth-order valence-corrected chi connectivity index (χ4v) is 5.08. The highest BCUT2D eigenvalue weighted by Gasteiger charge is 2.13. The highest BCUT2D eigenvalue weighted by atomic mass is 14.7.